The van der Waals surface area contributed by atoms with Crippen LogP contribution in [0.1, 0.15) is 0 Å². The highest BCUT2D eigenvalue weighted by Gasteiger charge is 2.19. The second-order valence-corrected chi connectivity index (χ2v) is 16.0. The fourth-order valence-corrected chi connectivity index (χ4v) is 9.39. The Hall–Kier alpha value is -8.68. The number of nitrogens with zero attached hydrogens (tertiary/aromatic N) is 6. The first-order chi connectivity index (χ1) is 31.2. The fourth-order valence-electron chi connectivity index (χ4n) is 9.39. The van der Waals surface area contributed by atoms with Crippen molar-refractivity contribution in [2.75, 3.05) is 0 Å². The van der Waals surface area contributed by atoms with Crippen LogP contribution in [0.5, 0.6) is 0 Å². The summed E-state index contributed by atoms with van der Waals surface area (Å²) in [6, 6.07) is 59.7. The van der Waals surface area contributed by atoms with E-state index in [-0.39, 0.29) is 0 Å². The van der Waals surface area contributed by atoms with Crippen LogP contribution in [0.4, 0.5) is 0 Å². The number of furan rings is 1. The molecule has 0 bridgehead atoms. The average Bonchev–Trinajstić information content (AvgIpc) is 4.01. The van der Waals surface area contributed by atoms with E-state index in [1.54, 1.807) is 0 Å². The lowest BCUT2D eigenvalue weighted by Crippen LogP contribution is -1.94. The third-order valence-electron chi connectivity index (χ3n) is 12.3. The largest absolute Gasteiger partial charge is 0.456 e. The van der Waals surface area contributed by atoms with Crippen LogP contribution in [0.15, 0.2) is 211 Å². The van der Waals surface area contributed by atoms with E-state index in [0.717, 1.165) is 122 Å². The van der Waals surface area contributed by atoms with Gasteiger partial charge in [0, 0.05) is 92.4 Å². The van der Waals surface area contributed by atoms with E-state index >= 15 is 0 Å². The molecule has 7 heterocycles. The maximum Gasteiger partial charge on any atom is 0.135 e. The molecule has 0 atom stereocenters. The Morgan fingerprint density at radius 2 is 0.762 bits per heavy atom. The Kier molecular flexibility index (Phi) is 7.77. The van der Waals surface area contributed by atoms with Gasteiger partial charge in [0.1, 0.15) is 11.2 Å². The molecule has 0 fully saturated rings. The van der Waals surface area contributed by atoms with Crippen LogP contribution >= 0.6 is 0 Å². The summed E-state index contributed by atoms with van der Waals surface area (Å²) in [7, 11) is 0. The van der Waals surface area contributed by atoms with Crippen LogP contribution in [-0.2, 0) is 0 Å². The Labute approximate surface area is 360 Å². The monoisotopic (exact) mass is 806 g/mol. The number of hydrogen-bond acceptors (Lipinski definition) is 5. The number of fused-ring (bicyclic) bond motifs is 9. The van der Waals surface area contributed by atoms with Gasteiger partial charge in [0.25, 0.3) is 0 Å². The lowest BCUT2D eigenvalue weighted by molar-refractivity contribution is 0.669. The van der Waals surface area contributed by atoms with Crippen LogP contribution in [0.3, 0.4) is 0 Å². The van der Waals surface area contributed by atoms with E-state index in [9.17, 15) is 0 Å². The summed E-state index contributed by atoms with van der Waals surface area (Å²) in [4.78, 5) is 19.1. The van der Waals surface area contributed by atoms with Gasteiger partial charge in [-0.1, -0.05) is 72.8 Å². The summed E-state index contributed by atoms with van der Waals surface area (Å²) in [5.74, 6) is 0. The highest BCUT2D eigenvalue weighted by Crippen LogP contribution is 2.40. The smallest absolute Gasteiger partial charge is 0.135 e. The molecular formula is C56H34N6O. The normalized spacial score (nSPS) is 11.8. The first kappa shape index (κ1) is 35.1. The zero-order chi connectivity index (χ0) is 41.4. The van der Waals surface area contributed by atoms with Crippen molar-refractivity contribution < 1.29 is 4.42 Å². The molecule has 0 N–H and O–H groups in total. The molecule has 13 aromatic rings. The Bertz CT molecular complexity index is 3670. The number of benzene rings is 6. The zero-order valence-electron chi connectivity index (χ0n) is 33.7. The van der Waals surface area contributed by atoms with Gasteiger partial charge in [-0.3, -0.25) is 19.9 Å². The molecule has 0 saturated carbocycles. The van der Waals surface area contributed by atoms with Gasteiger partial charge in [0.2, 0.25) is 0 Å². The Morgan fingerprint density at radius 3 is 1.22 bits per heavy atom. The molecule has 6 aromatic carbocycles. The zero-order valence-corrected chi connectivity index (χ0v) is 33.7. The van der Waals surface area contributed by atoms with Gasteiger partial charge in [-0.25, -0.2) is 0 Å². The number of aromatic nitrogens is 6. The molecule has 63 heavy (non-hydrogen) atoms. The Balaban J connectivity index is 0.929. The van der Waals surface area contributed by atoms with Crippen molar-refractivity contribution in [2.45, 2.75) is 0 Å². The number of pyridine rings is 4. The molecule has 7 nitrogen and oxygen atoms in total. The maximum atomic E-state index is 6.50. The summed E-state index contributed by atoms with van der Waals surface area (Å²) in [5, 5.41) is 4.23. The topological polar surface area (TPSA) is 74.6 Å². The molecule has 7 aromatic heterocycles. The van der Waals surface area contributed by atoms with E-state index in [2.05, 4.69) is 165 Å². The summed E-state index contributed by atoms with van der Waals surface area (Å²) in [6.07, 6.45) is 11.5. The number of rotatable bonds is 6. The first-order valence-corrected chi connectivity index (χ1v) is 21.0. The van der Waals surface area contributed by atoms with Gasteiger partial charge < -0.3 is 13.6 Å². The van der Waals surface area contributed by atoms with E-state index in [0.29, 0.717) is 0 Å². The standard InChI is InChI=1S/C56H34N6O/c1-3-9-35(10-4-1)39-25-41(33-57-31-39)37-15-19-49-47(27-37)55-51(13-7-23-59-55)61(49)43-17-21-53-45(29-43)46-30-44(18-22-54(46)63-53)62-50-20-16-38(28-48(50)56-52(62)14-8-24-60-56)42-26-40(32-58-34-42)36-11-5-2-6-12-36/h1-34H. The van der Waals surface area contributed by atoms with Crippen LogP contribution in [-0.4, -0.2) is 29.1 Å². The van der Waals surface area contributed by atoms with Crippen LogP contribution in [0.2, 0.25) is 0 Å². The summed E-state index contributed by atoms with van der Waals surface area (Å²) >= 11 is 0. The first-order valence-electron chi connectivity index (χ1n) is 21.0. The minimum absolute atomic E-state index is 0.831. The van der Waals surface area contributed by atoms with E-state index in [1.807, 2.05) is 61.4 Å². The minimum Gasteiger partial charge on any atom is -0.456 e. The lowest BCUT2D eigenvalue weighted by Gasteiger charge is -2.10. The highest BCUT2D eigenvalue weighted by atomic mass is 16.3. The second kappa shape index (κ2) is 13.9. The van der Waals surface area contributed by atoms with Crippen molar-refractivity contribution in [1.29, 1.82) is 0 Å². The summed E-state index contributed by atoms with van der Waals surface area (Å²) < 4.78 is 11.1. The van der Waals surface area contributed by atoms with E-state index < -0.39 is 0 Å². The SMILES string of the molecule is c1ccc(-c2cncc(-c3ccc4c(c3)c3ncccc3n4-c3ccc4oc5ccc(-n6c7ccc(-c8cncc(-c9ccccc9)c8)cc7c7ncccc76)cc5c4c3)c2)cc1. The van der Waals surface area contributed by atoms with Crippen LogP contribution in [0, 0.1) is 0 Å². The van der Waals surface area contributed by atoms with Gasteiger partial charge in [0.15, 0.2) is 0 Å². The van der Waals surface area contributed by atoms with E-state index in [4.69, 9.17) is 14.4 Å². The van der Waals surface area contributed by atoms with Crippen molar-refractivity contribution in [3.05, 3.63) is 207 Å². The molecule has 0 saturated heterocycles. The lowest BCUT2D eigenvalue weighted by atomic mass is 10.0. The third kappa shape index (κ3) is 5.67. The molecule has 0 aliphatic rings. The quantitative estimate of drug-likeness (QED) is 0.167. The van der Waals surface area contributed by atoms with Crippen molar-refractivity contribution >= 4 is 65.8 Å². The fraction of sp³-hybridized carbons (Fsp3) is 0. The molecule has 0 spiro atoms. The van der Waals surface area contributed by atoms with Crippen molar-refractivity contribution in [3.8, 4) is 55.9 Å². The highest BCUT2D eigenvalue weighted by molar-refractivity contribution is 6.12. The van der Waals surface area contributed by atoms with Crippen molar-refractivity contribution in [1.82, 2.24) is 29.1 Å². The van der Waals surface area contributed by atoms with Gasteiger partial charge in [-0.2, -0.15) is 0 Å². The minimum atomic E-state index is 0.831. The van der Waals surface area contributed by atoms with Gasteiger partial charge >= 0.3 is 0 Å². The summed E-state index contributed by atoms with van der Waals surface area (Å²) in [5.41, 5.74) is 18.6. The van der Waals surface area contributed by atoms with Crippen molar-refractivity contribution in [2.24, 2.45) is 0 Å². The Morgan fingerprint density at radius 1 is 0.317 bits per heavy atom. The third-order valence-corrected chi connectivity index (χ3v) is 12.3. The summed E-state index contributed by atoms with van der Waals surface area (Å²) in [6.45, 7) is 0. The van der Waals surface area contributed by atoms with Gasteiger partial charge in [0.05, 0.1) is 33.1 Å². The molecule has 0 radical (unpaired) electrons. The predicted molar refractivity (Wildman–Crippen MR) is 255 cm³/mol. The second-order valence-electron chi connectivity index (χ2n) is 16.0. The molecule has 13 rings (SSSR count). The molecule has 294 valence electrons. The van der Waals surface area contributed by atoms with Crippen LogP contribution < -0.4 is 0 Å². The van der Waals surface area contributed by atoms with E-state index in [1.165, 1.54) is 0 Å². The molecular weight excluding hydrogens is 773 g/mol. The van der Waals surface area contributed by atoms with Gasteiger partial charge in [-0.05, 0) is 119 Å². The molecule has 0 amide bonds. The van der Waals surface area contributed by atoms with Crippen molar-refractivity contribution in [3.63, 3.8) is 0 Å². The average molecular weight is 807 g/mol. The molecule has 0 unspecified atom stereocenters. The predicted octanol–water partition coefficient (Wildman–Crippen LogP) is 14.0. The molecule has 0 aliphatic heterocycles. The number of hydrogen-bond donors (Lipinski definition) is 0. The van der Waals surface area contributed by atoms with Crippen LogP contribution in [0.25, 0.3) is 122 Å². The maximum absolute atomic E-state index is 6.50. The van der Waals surface area contributed by atoms with Gasteiger partial charge in [-0.15, -0.1) is 0 Å². The molecule has 0 aliphatic carbocycles. The molecule has 7 heteroatoms.